The van der Waals surface area contributed by atoms with E-state index in [4.69, 9.17) is 47.4 Å². The first kappa shape index (κ1) is 78.8. The first-order chi connectivity index (χ1) is 41.1. The van der Waals surface area contributed by atoms with Gasteiger partial charge in [-0.1, -0.05) is 30.7 Å². The van der Waals surface area contributed by atoms with E-state index in [-0.39, 0.29) is 74.4 Å². The maximum Gasteiger partial charge on any atom is 0.133 e. The Bertz CT molecular complexity index is 2360. The molecule has 3 aromatic rings. The van der Waals surface area contributed by atoms with E-state index in [1.54, 1.807) is 0 Å². The fourth-order valence-electron chi connectivity index (χ4n) is 15.3. The van der Waals surface area contributed by atoms with E-state index >= 15 is 0 Å². The lowest BCUT2D eigenvalue weighted by Crippen LogP contribution is -3.00. The zero-order valence-corrected chi connectivity index (χ0v) is 60.3. The summed E-state index contributed by atoms with van der Waals surface area (Å²) in [5, 5.41) is 0. The summed E-state index contributed by atoms with van der Waals surface area (Å²) in [7, 11) is 9.01. The largest absolute Gasteiger partial charge is 1.00 e. The van der Waals surface area contributed by atoms with Crippen LogP contribution in [0.25, 0.3) is 0 Å². The molecule has 1 saturated carbocycles. The third-order valence-corrected chi connectivity index (χ3v) is 21.2. The van der Waals surface area contributed by atoms with E-state index in [9.17, 15) is 0 Å². The predicted octanol–water partition coefficient (Wildman–Crippen LogP) is -10.8. The van der Waals surface area contributed by atoms with Gasteiger partial charge in [-0.3, -0.25) is 17.9 Å². The second-order valence-electron chi connectivity index (χ2n) is 29.3. The van der Waals surface area contributed by atoms with Crippen LogP contribution in [0, 0.1) is 11.8 Å². The SMILES string of the molecule is C1CC(C[N+](CC2CO2)(CC2CO2)CC2CO2)CC(C[N+](CC2CO2)(CC2CO2)CC2CO2)C1.CC[N+](CC)(CC1CO1)c1ccc([N+](CC)(CC)CC2CO2)cc1.C[N+](C)(CC1CO1)c1ccc(Cc2ccc([N+](C)(C)CC3CO3)cc2)cc1.[Cl-].[Cl-].[Cl-].[Cl-].[Cl-].[Cl-]. The van der Waals surface area contributed by atoms with Crippen molar-refractivity contribution in [3.8, 4) is 0 Å². The minimum Gasteiger partial charge on any atom is -1.00 e. The maximum absolute atomic E-state index is 5.74. The number of nitrogens with zero attached hydrogens (tertiary/aromatic N) is 6. The van der Waals surface area contributed by atoms with Crippen LogP contribution in [0.15, 0.2) is 72.8 Å². The number of ether oxygens (including phenoxy) is 10. The molecular formula is C69H110Cl6N6O10. The zero-order valence-electron chi connectivity index (χ0n) is 55.8. The average molecular weight is 1400 g/mol. The van der Waals surface area contributed by atoms with Gasteiger partial charge in [0, 0.05) is 36.1 Å². The number of rotatable bonds is 34. The van der Waals surface area contributed by atoms with Gasteiger partial charge in [-0.15, -0.1) is 0 Å². The fraction of sp³-hybridized carbons (Fsp3) is 0.739. The number of halogens is 6. The third kappa shape index (κ3) is 23.5. The van der Waals surface area contributed by atoms with Crippen LogP contribution in [0.4, 0.5) is 22.7 Å². The van der Waals surface area contributed by atoms with E-state index in [2.05, 4.69) is 129 Å². The molecule has 10 saturated heterocycles. The van der Waals surface area contributed by atoms with Gasteiger partial charge in [0.25, 0.3) is 0 Å². The van der Waals surface area contributed by atoms with Crippen molar-refractivity contribution < 1.29 is 131 Å². The summed E-state index contributed by atoms with van der Waals surface area (Å²) in [4.78, 5) is 0. The molecule has 16 nitrogen and oxygen atoms in total. The van der Waals surface area contributed by atoms with Crippen molar-refractivity contribution in [1.29, 1.82) is 0 Å². The van der Waals surface area contributed by atoms with E-state index in [0.717, 1.165) is 203 Å². The van der Waals surface area contributed by atoms with Crippen molar-refractivity contribution in [2.24, 2.45) is 11.8 Å². The minimum atomic E-state index is 0. The molecule has 0 radical (unpaired) electrons. The fourth-order valence-corrected chi connectivity index (χ4v) is 15.3. The van der Waals surface area contributed by atoms with E-state index in [1.165, 1.54) is 72.6 Å². The van der Waals surface area contributed by atoms with Crippen molar-refractivity contribution in [3.63, 3.8) is 0 Å². The highest BCUT2D eigenvalue weighted by Gasteiger charge is 2.50. The van der Waals surface area contributed by atoms with Gasteiger partial charge >= 0.3 is 0 Å². The smallest absolute Gasteiger partial charge is 0.133 e. The number of likely N-dealkylation sites (N-methyl/N-ethyl adjacent to an activating group) is 4. The lowest BCUT2D eigenvalue weighted by molar-refractivity contribution is -0.935. The van der Waals surface area contributed by atoms with Gasteiger partial charge in [0.1, 0.15) is 149 Å². The van der Waals surface area contributed by atoms with Crippen LogP contribution in [-0.2, 0) is 53.8 Å². The zero-order chi connectivity index (χ0) is 58.9. The minimum absolute atomic E-state index is 0. The third-order valence-electron chi connectivity index (χ3n) is 21.2. The highest BCUT2D eigenvalue weighted by atomic mass is 35.5. The van der Waals surface area contributed by atoms with Gasteiger partial charge in [0.15, 0.2) is 0 Å². The molecule has 10 heterocycles. The van der Waals surface area contributed by atoms with Crippen molar-refractivity contribution in [2.75, 3.05) is 199 Å². The number of epoxide rings is 10. The Morgan fingerprint density at radius 2 is 0.516 bits per heavy atom. The molecule has 10 aliphatic heterocycles. The molecule has 1 aliphatic carbocycles. The predicted molar refractivity (Wildman–Crippen MR) is 337 cm³/mol. The van der Waals surface area contributed by atoms with E-state index in [1.807, 2.05) is 0 Å². The van der Waals surface area contributed by atoms with Crippen molar-refractivity contribution in [2.45, 2.75) is 121 Å². The molecule has 0 bridgehead atoms. The molecule has 22 heteroatoms. The molecule has 0 spiro atoms. The van der Waals surface area contributed by atoms with Gasteiger partial charge in [0.2, 0.25) is 0 Å². The molecule has 11 fully saturated rings. The molecule has 0 amide bonds. The van der Waals surface area contributed by atoms with Crippen LogP contribution in [0.2, 0.25) is 0 Å². The Balaban J connectivity index is 0.000000214. The van der Waals surface area contributed by atoms with Crippen molar-refractivity contribution >= 4 is 22.7 Å². The molecule has 518 valence electrons. The molecule has 12 atom stereocenters. The summed E-state index contributed by atoms with van der Waals surface area (Å²) < 4.78 is 62.4. The molecule has 12 unspecified atom stereocenters. The molecule has 0 N–H and O–H groups in total. The Morgan fingerprint density at radius 3 is 0.747 bits per heavy atom. The van der Waals surface area contributed by atoms with Gasteiger partial charge in [-0.2, -0.15) is 0 Å². The number of hydrogen-bond acceptors (Lipinski definition) is 10. The monoisotopic (exact) mass is 1390 g/mol. The lowest BCUT2D eigenvalue weighted by Gasteiger charge is -2.44. The summed E-state index contributed by atoms with van der Waals surface area (Å²) >= 11 is 0. The van der Waals surface area contributed by atoms with Crippen LogP contribution in [0.5, 0.6) is 0 Å². The second kappa shape index (κ2) is 34.0. The Morgan fingerprint density at radius 1 is 0.297 bits per heavy atom. The molecule has 14 rings (SSSR count). The normalized spacial score (nSPS) is 29.5. The highest BCUT2D eigenvalue weighted by Crippen LogP contribution is 2.39. The first-order valence-corrected chi connectivity index (χ1v) is 33.6. The Hall–Kier alpha value is -1.24. The number of quaternary nitrogens is 6. The van der Waals surface area contributed by atoms with Crippen LogP contribution >= 0.6 is 0 Å². The van der Waals surface area contributed by atoms with Crippen LogP contribution < -0.4 is 92.4 Å². The van der Waals surface area contributed by atoms with Crippen LogP contribution in [0.3, 0.4) is 0 Å². The number of benzene rings is 3. The summed E-state index contributed by atoms with van der Waals surface area (Å²) in [6.45, 7) is 36.8. The maximum atomic E-state index is 5.74. The molecular weight excluding hydrogens is 1290 g/mol. The van der Waals surface area contributed by atoms with E-state index < -0.39 is 0 Å². The highest BCUT2D eigenvalue weighted by molar-refractivity contribution is 5.54. The van der Waals surface area contributed by atoms with Gasteiger partial charge in [0.05, 0.1) is 134 Å². The molecule has 11 aliphatic rings. The quantitative estimate of drug-likeness (QED) is 0.0421. The Kier molecular flexibility index (Phi) is 29.4. The van der Waals surface area contributed by atoms with E-state index in [0.29, 0.717) is 61.0 Å². The summed E-state index contributed by atoms with van der Waals surface area (Å²) in [5.74, 6) is 1.59. The lowest BCUT2D eigenvalue weighted by atomic mass is 9.79. The molecule has 0 aromatic heterocycles. The average Bonchev–Trinajstić information content (AvgIpc) is 1.76. The molecule has 91 heavy (non-hydrogen) atoms. The van der Waals surface area contributed by atoms with Crippen molar-refractivity contribution in [3.05, 3.63) is 83.9 Å². The van der Waals surface area contributed by atoms with Gasteiger partial charge in [-0.25, -0.2) is 0 Å². The second-order valence-corrected chi connectivity index (χ2v) is 29.3. The standard InChI is InChI=1S/C26H44N2O6.C23H32N2O2.C20H34N2O2.6ClH/c1-2-19(5-27(7-21-13-29-21,8-22-14-30-22)9-23-15-31-23)4-20(3-1)6-28(10-24-16-32-24,11-25-17-33-25)12-26-18-34-26;1-24(2,14-22-16-26-22)20-9-5-18(6-10-20)13-19-7-11-21(12-8-19)25(3,4)15-23-17-27-23;1-5-21(6-2,13-19-15-23-19)17-9-11-18(12-10-17)22(7-3,8-4)14-20-16-24-20;;;;;;/h19-26H,1-18H2;5-12,22-23H,13-17H2,1-4H3;9-12,19-20H,5-8,13-16H2,1-4H3;6*1H/q3*+2;;;;;;/p-6. The molecule has 3 aromatic carbocycles. The van der Waals surface area contributed by atoms with Gasteiger partial charge < -0.3 is 131 Å². The van der Waals surface area contributed by atoms with Crippen molar-refractivity contribution in [1.82, 2.24) is 17.9 Å². The van der Waals surface area contributed by atoms with Crippen LogP contribution in [0.1, 0.15) is 64.5 Å². The summed E-state index contributed by atoms with van der Waals surface area (Å²) in [5.41, 5.74) is 8.24. The van der Waals surface area contributed by atoms with Crippen LogP contribution in [-0.4, -0.2) is 269 Å². The first-order valence-electron chi connectivity index (χ1n) is 33.6. The number of hydrogen-bond donors (Lipinski definition) is 0. The van der Waals surface area contributed by atoms with Gasteiger partial charge in [-0.05, 0) is 88.8 Å². The Labute approximate surface area is 583 Å². The summed E-state index contributed by atoms with van der Waals surface area (Å²) in [6, 6.07) is 27.6. The topological polar surface area (TPSA) is 125 Å². The summed E-state index contributed by atoms with van der Waals surface area (Å²) in [6.07, 6.45) is 11.0.